The zero-order valence-electron chi connectivity index (χ0n) is 59.2. The molecule has 0 heterocycles. The Morgan fingerprint density at radius 1 is 0.398 bits per heavy atom. The highest BCUT2D eigenvalue weighted by molar-refractivity contribution is 7.45. The summed E-state index contributed by atoms with van der Waals surface area (Å²) in [5.74, 6) is -0.525. The Morgan fingerprint density at radius 3 is 1.07 bits per heavy atom. The summed E-state index contributed by atoms with van der Waals surface area (Å²) in [5.41, 5.74) is 0. The van der Waals surface area contributed by atoms with E-state index >= 15 is 0 Å². The van der Waals surface area contributed by atoms with E-state index in [0.29, 0.717) is 17.4 Å². The lowest BCUT2D eigenvalue weighted by Crippen LogP contribution is -2.47. The van der Waals surface area contributed by atoms with Crippen molar-refractivity contribution in [3.63, 3.8) is 0 Å². The molecule has 0 bridgehead atoms. The summed E-state index contributed by atoms with van der Waals surface area (Å²) in [5, 5.41) is 3.05. The number of carbonyl (C=O) groups excluding carboxylic acids is 2. The van der Waals surface area contributed by atoms with Crippen molar-refractivity contribution in [1.82, 2.24) is 5.32 Å². The molecule has 0 aromatic rings. The molecular weight excluding hydrogens is 1110 g/mol. The van der Waals surface area contributed by atoms with E-state index in [1.807, 2.05) is 33.3 Å². The first-order valence-corrected chi connectivity index (χ1v) is 39.6. The number of nitrogens with zero attached hydrogens (tertiary/aromatic N) is 1. The number of carbonyl (C=O) groups is 2. The molecule has 0 rings (SSSR count). The largest absolute Gasteiger partial charge is 0.756 e. The van der Waals surface area contributed by atoms with Crippen molar-refractivity contribution in [1.29, 1.82) is 0 Å². The van der Waals surface area contributed by atoms with Crippen LogP contribution in [-0.4, -0.2) is 69.4 Å². The fourth-order valence-corrected chi connectivity index (χ4v) is 12.0. The van der Waals surface area contributed by atoms with Gasteiger partial charge >= 0.3 is 5.97 Å². The van der Waals surface area contributed by atoms with Gasteiger partial charge in [-0.3, -0.25) is 14.2 Å². The number of likely N-dealkylation sites (N-methyl/N-ethyl adjacent to an activating group) is 1. The van der Waals surface area contributed by atoms with Crippen LogP contribution in [0.2, 0.25) is 0 Å². The lowest BCUT2D eigenvalue weighted by Gasteiger charge is -2.30. The van der Waals surface area contributed by atoms with Crippen molar-refractivity contribution < 1.29 is 37.3 Å². The van der Waals surface area contributed by atoms with Crippen molar-refractivity contribution >= 4 is 19.7 Å². The molecule has 0 aliphatic rings. The summed E-state index contributed by atoms with van der Waals surface area (Å²) in [6.45, 7) is 6.87. The molecule has 0 aromatic carbocycles. The first kappa shape index (κ1) is 85.7. The summed E-state index contributed by atoms with van der Waals surface area (Å²) < 4.78 is 30.5. The third-order valence-electron chi connectivity index (χ3n) is 17.2. The summed E-state index contributed by atoms with van der Waals surface area (Å²) in [6.07, 6.45) is 87.8. The van der Waals surface area contributed by atoms with Crippen LogP contribution in [-0.2, 0) is 27.9 Å². The van der Waals surface area contributed by atoms with Crippen molar-refractivity contribution in [2.45, 2.75) is 386 Å². The lowest BCUT2D eigenvalue weighted by atomic mass is 10.0. The number of allylic oxidation sites excluding steroid dienone is 9. The van der Waals surface area contributed by atoms with Crippen LogP contribution < -0.4 is 10.2 Å². The molecule has 0 radical (unpaired) electrons. The SMILES string of the molecule is CCCCC/C=C\C/C=C\C/C=C\CCCCCCCCCCCCCCCCC(=O)NC(COP(=O)([O-])OCC[N+](C)(C)C)C(/C=C\CCCCCCCCCCCC)OC(=O)CCCCCCCCCCCCCCC/C=C/CCCCCCCC. The van der Waals surface area contributed by atoms with E-state index in [9.17, 15) is 19.0 Å². The number of unbranched alkanes of at least 4 members (excludes halogenated alkanes) is 46. The van der Waals surface area contributed by atoms with E-state index in [1.54, 1.807) is 0 Å². The van der Waals surface area contributed by atoms with Gasteiger partial charge in [0.15, 0.2) is 0 Å². The molecular formula is C78H147N2O7P. The fraction of sp³-hybridized carbons (Fsp3) is 0.846. The molecule has 0 saturated heterocycles. The second-order valence-corrected chi connectivity index (χ2v) is 28.6. The molecule has 0 aromatic heterocycles. The monoisotopic (exact) mass is 1260 g/mol. The highest BCUT2D eigenvalue weighted by atomic mass is 31.2. The average molecular weight is 1260 g/mol. The third kappa shape index (κ3) is 68.1. The van der Waals surface area contributed by atoms with Crippen molar-refractivity contribution in [2.75, 3.05) is 40.9 Å². The van der Waals surface area contributed by atoms with Gasteiger partial charge in [-0.25, -0.2) is 0 Å². The van der Waals surface area contributed by atoms with Gasteiger partial charge in [-0.05, 0) is 96.0 Å². The number of hydrogen-bond acceptors (Lipinski definition) is 7. The van der Waals surface area contributed by atoms with Crippen molar-refractivity contribution in [3.05, 3.63) is 60.8 Å². The van der Waals surface area contributed by atoms with Crippen molar-refractivity contribution in [3.8, 4) is 0 Å². The van der Waals surface area contributed by atoms with Gasteiger partial charge in [0.2, 0.25) is 5.91 Å². The second kappa shape index (κ2) is 67.6. The Kier molecular flexibility index (Phi) is 65.8. The minimum absolute atomic E-state index is 0.0215. The zero-order valence-corrected chi connectivity index (χ0v) is 60.1. The molecule has 0 aliphatic heterocycles. The van der Waals surface area contributed by atoms with Gasteiger partial charge in [0.05, 0.1) is 33.8 Å². The molecule has 0 fully saturated rings. The molecule has 3 unspecified atom stereocenters. The van der Waals surface area contributed by atoms with Gasteiger partial charge < -0.3 is 28.5 Å². The number of phosphoric ester groups is 1. The standard InChI is InChI=1S/C78H147N2O7P/c1-7-10-13-16-19-22-25-28-30-32-34-36-38-39-40-41-43-44-46-48-50-52-55-58-61-64-67-70-77(81)79-75(74-86-88(83,84)85-73-72-80(4,5)6)76(69-66-63-60-57-54-27-24-21-18-15-12-9-3)87-78(82)71-68-65-62-59-56-53-51-49-47-45-42-37-35-33-31-29-26-23-20-17-14-11-8-2/h19,22,28-31,34,36,66,69,75-76H,7-18,20-21,23-27,32-33,35,37-65,67-68,70-74H2,1-6H3,(H-,79,81,83,84)/b22-19-,30-28-,31-29+,36-34-,69-66-. The summed E-state index contributed by atoms with van der Waals surface area (Å²) in [4.78, 5) is 40.3. The van der Waals surface area contributed by atoms with Gasteiger partial charge in [0.1, 0.15) is 19.3 Å². The van der Waals surface area contributed by atoms with Gasteiger partial charge in [-0.1, -0.05) is 326 Å². The quantitative estimate of drug-likeness (QED) is 0.0212. The molecule has 1 amide bonds. The fourth-order valence-electron chi connectivity index (χ4n) is 11.3. The van der Waals surface area contributed by atoms with Crippen LogP contribution in [0.5, 0.6) is 0 Å². The lowest BCUT2D eigenvalue weighted by molar-refractivity contribution is -0.870. The predicted octanol–water partition coefficient (Wildman–Crippen LogP) is 23.9. The molecule has 1 N–H and O–H groups in total. The minimum atomic E-state index is -4.71. The van der Waals surface area contributed by atoms with E-state index in [1.165, 1.54) is 270 Å². The topological polar surface area (TPSA) is 114 Å². The summed E-state index contributed by atoms with van der Waals surface area (Å²) in [6, 6.07) is -0.890. The van der Waals surface area contributed by atoms with Crippen LogP contribution in [0.4, 0.5) is 0 Å². The van der Waals surface area contributed by atoms with Crippen LogP contribution in [0.1, 0.15) is 374 Å². The van der Waals surface area contributed by atoms with E-state index in [-0.39, 0.29) is 31.5 Å². The summed E-state index contributed by atoms with van der Waals surface area (Å²) in [7, 11) is 1.20. The molecule has 0 saturated carbocycles. The minimum Gasteiger partial charge on any atom is -0.756 e. The number of esters is 1. The number of amides is 1. The Labute approximate surface area is 547 Å². The van der Waals surface area contributed by atoms with Crippen LogP contribution in [0.3, 0.4) is 0 Å². The maximum Gasteiger partial charge on any atom is 0.306 e. The van der Waals surface area contributed by atoms with Gasteiger partial charge in [0.25, 0.3) is 7.82 Å². The Hall–Kier alpha value is -2.29. The Morgan fingerprint density at radius 2 is 0.693 bits per heavy atom. The average Bonchev–Trinajstić information content (AvgIpc) is 3.66. The maximum atomic E-state index is 13.6. The Balaban J connectivity index is 4.96. The van der Waals surface area contributed by atoms with Crippen LogP contribution in [0, 0.1) is 0 Å². The van der Waals surface area contributed by atoms with Crippen LogP contribution >= 0.6 is 7.82 Å². The molecule has 3 atom stereocenters. The number of phosphoric acid groups is 1. The molecule has 0 aliphatic carbocycles. The van der Waals surface area contributed by atoms with Gasteiger partial charge in [-0.2, -0.15) is 0 Å². The maximum absolute atomic E-state index is 13.6. The Bertz CT molecular complexity index is 1690. The normalized spacial score (nSPS) is 13.8. The highest BCUT2D eigenvalue weighted by Gasteiger charge is 2.27. The van der Waals surface area contributed by atoms with E-state index < -0.39 is 20.0 Å². The number of ether oxygens (including phenoxy) is 1. The van der Waals surface area contributed by atoms with Gasteiger partial charge in [0, 0.05) is 12.8 Å². The number of quaternary nitrogens is 1. The first-order chi connectivity index (χ1) is 42.9. The molecule has 516 valence electrons. The zero-order chi connectivity index (χ0) is 64.2. The van der Waals surface area contributed by atoms with Crippen LogP contribution in [0.25, 0.3) is 0 Å². The van der Waals surface area contributed by atoms with Crippen molar-refractivity contribution in [2.24, 2.45) is 0 Å². The van der Waals surface area contributed by atoms with E-state index in [0.717, 1.165) is 70.6 Å². The van der Waals surface area contributed by atoms with Crippen LogP contribution in [0.15, 0.2) is 60.8 Å². The van der Waals surface area contributed by atoms with Gasteiger partial charge in [-0.15, -0.1) is 0 Å². The van der Waals surface area contributed by atoms with E-state index in [2.05, 4.69) is 74.7 Å². The first-order valence-electron chi connectivity index (χ1n) is 38.1. The molecule has 10 heteroatoms. The highest BCUT2D eigenvalue weighted by Crippen LogP contribution is 2.38. The predicted molar refractivity (Wildman–Crippen MR) is 381 cm³/mol. The number of nitrogens with one attached hydrogen (secondary N) is 1. The van der Waals surface area contributed by atoms with E-state index in [4.69, 9.17) is 13.8 Å². The molecule has 88 heavy (non-hydrogen) atoms. The second-order valence-electron chi connectivity index (χ2n) is 27.1. The number of hydrogen-bond donors (Lipinski definition) is 1. The smallest absolute Gasteiger partial charge is 0.306 e. The molecule has 9 nitrogen and oxygen atoms in total. The third-order valence-corrected chi connectivity index (χ3v) is 18.1. The number of rotatable bonds is 70. The molecule has 0 spiro atoms. The summed E-state index contributed by atoms with van der Waals surface area (Å²) >= 11 is 0.